The first-order valence-electron chi connectivity index (χ1n) is 8.47. The number of hydrogen-bond donors (Lipinski definition) is 0. The molecule has 0 aliphatic carbocycles. The smallest absolute Gasteiger partial charge is 0.324 e. The number of esters is 1. The maximum Gasteiger partial charge on any atom is 0.324 e. The molecule has 1 fully saturated rings. The van der Waals surface area contributed by atoms with Crippen molar-refractivity contribution in [3.8, 4) is 0 Å². The van der Waals surface area contributed by atoms with Crippen LogP contribution in [-0.4, -0.2) is 31.8 Å². The molecule has 5 nitrogen and oxygen atoms in total. The number of hydrogen-bond acceptors (Lipinski definition) is 4. The van der Waals surface area contributed by atoms with Gasteiger partial charge in [-0.15, -0.1) is 0 Å². The zero-order chi connectivity index (χ0) is 19.6. The number of methoxy groups -OCH3 is 1. The van der Waals surface area contributed by atoms with Crippen LogP contribution in [0.5, 0.6) is 0 Å². The molecule has 2 aromatic rings. The number of benzene rings is 2. The number of piperidine rings is 1. The standard InChI is InChI=1S/C19H19ClFNO4S/c1-26-19(23)18-7-3-6-17(13-4-2-5-15(21)12-13)22(18)27(24,25)16-10-8-14(20)9-11-16/h2,4-5,8-12,17-18H,3,6-7H2,1H3/t17-,18+/m0/s1. The van der Waals surface area contributed by atoms with Gasteiger partial charge in [-0.3, -0.25) is 4.79 Å². The van der Waals surface area contributed by atoms with Gasteiger partial charge in [-0.05, 0) is 61.2 Å². The third-order valence-corrected chi connectivity index (χ3v) is 6.85. The highest BCUT2D eigenvalue weighted by molar-refractivity contribution is 7.89. The van der Waals surface area contributed by atoms with Crippen molar-refractivity contribution < 1.29 is 22.3 Å². The Kier molecular flexibility index (Phi) is 5.83. The molecule has 0 bridgehead atoms. The minimum atomic E-state index is -4.04. The average molecular weight is 412 g/mol. The molecule has 1 saturated heterocycles. The molecule has 1 aliphatic rings. The van der Waals surface area contributed by atoms with Gasteiger partial charge in [-0.2, -0.15) is 4.31 Å². The fraction of sp³-hybridized carbons (Fsp3) is 0.316. The maximum absolute atomic E-state index is 13.8. The van der Waals surface area contributed by atoms with Crippen molar-refractivity contribution >= 4 is 27.6 Å². The van der Waals surface area contributed by atoms with Crippen LogP contribution in [0.15, 0.2) is 53.4 Å². The second kappa shape index (κ2) is 7.96. The molecule has 0 unspecified atom stereocenters. The Hall–Kier alpha value is -1.96. The third-order valence-electron chi connectivity index (χ3n) is 4.67. The molecule has 2 aromatic carbocycles. The quantitative estimate of drug-likeness (QED) is 0.715. The molecule has 0 amide bonds. The predicted molar refractivity (Wildman–Crippen MR) is 99.3 cm³/mol. The summed E-state index contributed by atoms with van der Waals surface area (Å²) in [7, 11) is -2.82. The van der Waals surface area contributed by atoms with Crippen LogP contribution in [0.25, 0.3) is 0 Å². The van der Waals surface area contributed by atoms with E-state index in [9.17, 15) is 17.6 Å². The lowest BCUT2D eigenvalue weighted by molar-refractivity contribution is -0.147. The fourth-order valence-electron chi connectivity index (χ4n) is 3.42. The number of rotatable bonds is 4. The Morgan fingerprint density at radius 3 is 2.52 bits per heavy atom. The van der Waals surface area contributed by atoms with Gasteiger partial charge in [0.15, 0.2) is 0 Å². The molecule has 1 heterocycles. The third kappa shape index (κ3) is 4.00. The largest absolute Gasteiger partial charge is 0.468 e. The lowest BCUT2D eigenvalue weighted by Crippen LogP contribution is -2.49. The lowest BCUT2D eigenvalue weighted by Gasteiger charge is -2.39. The van der Waals surface area contributed by atoms with E-state index in [1.165, 1.54) is 49.6 Å². The fourth-order valence-corrected chi connectivity index (χ4v) is 5.36. The molecule has 1 aliphatic heterocycles. The molecule has 3 rings (SSSR count). The van der Waals surface area contributed by atoms with Crippen molar-refractivity contribution in [1.29, 1.82) is 0 Å². The van der Waals surface area contributed by atoms with Crippen LogP contribution in [0.1, 0.15) is 30.9 Å². The molecular formula is C19H19ClFNO4S. The van der Waals surface area contributed by atoms with Crippen LogP contribution in [0.3, 0.4) is 0 Å². The Labute approximate surface area is 162 Å². The number of carbonyl (C=O) groups is 1. The van der Waals surface area contributed by atoms with E-state index in [2.05, 4.69) is 0 Å². The molecule has 0 spiro atoms. The first-order valence-corrected chi connectivity index (χ1v) is 10.3. The minimum absolute atomic E-state index is 0.0177. The summed E-state index contributed by atoms with van der Waals surface area (Å²) >= 11 is 5.87. The number of sulfonamides is 1. The Balaban J connectivity index is 2.12. The molecule has 0 aromatic heterocycles. The van der Waals surface area contributed by atoms with Crippen molar-refractivity contribution in [2.24, 2.45) is 0 Å². The monoisotopic (exact) mass is 411 g/mol. The topological polar surface area (TPSA) is 63.7 Å². The second-order valence-electron chi connectivity index (χ2n) is 6.33. The molecule has 0 N–H and O–H groups in total. The summed E-state index contributed by atoms with van der Waals surface area (Å²) in [6.07, 6.45) is 1.43. The number of carbonyl (C=O) groups excluding carboxylic acids is 1. The summed E-state index contributed by atoms with van der Waals surface area (Å²) in [6.45, 7) is 0. The highest BCUT2D eigenvalue weighted by atomic mass is 35.5. The van der Waals surface area contributed by atoms with Crippen LogP contribution in [0, 0.1) is 5.82 Å². The molecule has 0 saturated carbocycles. The summed E-state index contributed by atoms with van der Waals surface area (Å²) < 4.78 is 46.5. The van der Waals surface area contributed by atoms with Gasteiger partial charge in [0.25, 0.3) is 0 Å². The zero-order valence-electron chi connectivity index (χ0n) is 14.6. The zero-order valence-corrected chi connectivity index (χ0v) is 16.2. The van der Waals surface area contributed by atoms with E-state index in [1.54, 1.807) is 6.07 Å². The number of nitrogens with zero attached hydrogens (tertiary/aromatic N) is 1. The minimum Gasteiger partial charge on any atom is -0.468 e. The first-order chi connectivity index (χ1) is 12.8. The van der Waals surface area contributed by atoms with Crippen molar-refractivity contribution in [3.05, 3.63) is 64.9 Å². The number of halogens is 2. The Morgan fingerprint density at radius 1 is 1.19 bits per heavy atom. The van der Waals surface area contributed by atoms with Crippen molar-refractivity contribution in [1.82, 2.24) is 4.31 Å². The summed E-state index contributed by atoms with van der Waals surface area (Å²) in [5.41, 5.74) is 0.501. The molecule has 0 radical (unpaired) electrons. The maximum atomic E-state index is 13.8. The summed E-state index contributed by atoms with van der Waals surface area (Å²) in [4.78, 5) is 12.3. The Bertz CT molecular complexity index is 933. The van der Waals surface area contributed by atoms with Crippen LogP contribution in [0.2, 0.25) is 5.02 Å². The molecular weight excluding hydrogens is 393 g/mol. The average Bonchev–Trinajstić information content (AvgIpc) is 2.67. The second-order valence-corrected chi connectivity index (χ2v) is 8.61. The van der Waals surface area contributed by atoms with Crippen LogP contribution >= 0.6 is 11.6 Å². The Morgan fingerprint density at radius 2 is 1.89 bits per heavy atom. The normalized spacial score (nSPS) is 21.0. The number of ether oxygens (including phenoxy) is 1. The van der Waals surface area contributed by atoms with E-state index in [-0.39, 0.29) is 4.90 Å². The van der Waals surface area contributed by atoms with Gasteiger partial charge in [0.05, 0.1) is 18.0 Å². The van der Waals surface area contributed by atoms with Gasteiger partial charge in [0, 0.05) is 5.02 Å². The van der Waals surface area contributed by atoms with Crippen molar-refractivity contribution in [2.45, 2.75) is 36.2 Å². The van der Waals surface area contributed by atoms with Gasteiger partial charge in [-0.1, -0.05) is 23.7 Å². The summed E-state index contributed by atoms with van der Waals surface area (Å²) in [6, 6.07) is 9.88. The SMILES string of the molecule is COC(=O)[C@H]1CCC[C@@H](c2cccc(F)c2)N1S(=O)(=O)c1ccc(Cl)cc1. The van der Waals surface area contributed by atoms with Crippen LogP contribution in [0.4, 0.5) is 4.39 Å². The highest BCUT2D eigenvalue weighted by Gasteiger charge is 2.44. The van der Waals surface area contributed by atoms with Gasteiger partial charge >= 0.3 is 5.97 Å². The van der Waals surface area contributed by atoms with Crippen molar-refractivity contribution in [3.63, 3.8) is 0 Å². The first kappa shape index (κ1) is 19.8. The van der Waals surface area contributed by atoms with E-state index >= 15 is 0 Å². The van der Waals surface area contributed by atoms with E-state index in [0.717, 1.165) is 4.31 Å². The highest BCUT2D eigenvalue weighted by Crippen LogP contribution is 2.39. The van der Waals surface area contributed by atoms with E-state index < -0.39 is 33.9 Å². The van der Waals surface area contributed by atoms with E-state index in [4.69, 9.17) is 16.3 Å². The molecule has 2 atom stereocenters. The molecule has 8 heteroatoms. The molecule has 144 valence electrons. The van der Waals surface area contributed by atoms with Crippen molar-refractivity contribution in [2.75, 3.05) is 7.11 Å². The van der Waals surface area contributed by atoms with Gasteiger partial charge in [0.1, 0.15) is 11.9 Å². The lowest BCUT2D eigenvalue weighted by atomic mass is 9.93. The molecule has 27 heavy (non-hydrogen) atoms. The van der Waals surface area contributed by atoms with Crippen LogP contribution in [-0.2, 0) is 19.6 Å². The van der Waals surface area contributed by atoms with E-state index in [1.807, 2.05) is 0 Å². The van der Waals surface area contributed by atoms with Gasteiger partial charge in [0.2, 0.25) is 10.0 Å². The predicted octanol–water partition coefficient (Wildman–Crippen LogP) is 3.94. The van der Waals surface area contributed by atoms with Crippen LogP contribution < -0.4 is 0 Å². The summed E-state index contributed by atoms with van der Waals surface area (Å²) in [5, 5.41) is 0.402. The van der Waals surface area contributed by atoms with Gasteiger partial charge < -0.3 is 4.74 Å². The van der Waals surface area contributed by atoms with E-state index in [0.29, 0.717) is 29.8 Å². The summed E-state index contributed by atoms with van der Waals surface area (Å²) in [5.74, 6) is -1.09. The van der Waals surface area contributed by atoms with Gasteiger partial charge in [-0.25, -0.2) is 12.8 Å².